The topological polar surface area (TPSA) is 59.2 Å². The van der Waals surface area contributed by atoms with E-state index in [-0.39, 0.29) is 5.91 Å². The van der Waals surface area contributed by atoms with Gasteiger partial charge in [0.15, 0.2) is 0 Å². The molecule has 0 aromatic carbocycles. The van der Waals surface area contributed by atoms with E-state index in [1.165, 1.54) is 38.5 Å². The second kappa shape index (κ2) is 5.52. The highest BCUT2D eigenvalue weighted by Crippen LogP contribution is 2.43. The largest absolute Gasteiger partial charge is 0.338 e. The molecule has 3 rings (SSSR count). The van der Waals surface area contributed by atoms with Crippen LogP contribution in [-0.2, 0) is 6.54 Å². The Bertz CT molecular complexity index is 494. The number of carbonyl (C=O) groups is 1. The van der Waals surface area contributed by atoms with E-state index >= 15 is 0 Å². The first kappa shape index (κ1) is 13.6. The lowest BCUT2D eigenvalue weighted by Gasteiger charge is -2.33. The van der Waals surface area contributed by atoms with Gasteiger partial charge in [0.2, 0.25) is 0 Å². The van der Waals surface area contributed by atoms with E-state index in [1.54, 1.807) is 12.3 Å². The van der Waals surface area contributed by atoms with Crippen LogP contribution in [-0.4, -0.2) is 28.9 Å². The zero-order valence-electron chi connectivity index (χ0n) is 12.0. The van der Waals surface area contributed by atoms with Gasteiger partial charge in [-0.25, -0.2) is 0 Å². The van der Waals surface area contributed by atoms with Crippen LogP contribution in [0.1, 0.15) is 54.6 Å². The molecule has 1 aliphatic carbocycles. The van der Waals surface area contributed by atoms with E-state index in [4.69, 9.17) is 5.73 Å². The Labute approximate surface area is 120 Å². The van der Waals surface area contributed by atoms with Gasteiger partial charge < -0.3 is 10.6 Å². The molecule has 0 bridgehead atoms. The third-order valence-corrected chi connectivity index (χ3v) is 4.91. The van der Waals surface area contributed by atoms with Gasteiger partial charge in [-0.2, -0.15) is 0 Å². The molecule has 1 aromatic heterocycles. The van der Waals surface area contributed by atoms with Crippen molar-refractivity contribution in [3.8, 4) is 0 Å². The molecule has 0 atom stereocenters. The number of nitrogens with two attached hydrogens (primary N) is 1. The van der Waals surface area contributed by atoms with E-state index in [1.807, 2.05) is 11.0 Å². The molecule has 0 radical (unpaired) electrons. The molecule has 1 amide bonds. The first-order valence-corrected chi connectivity index (χ1v) is 7.67. The summed E-state index contributed by atoms with van der Waals surface area (Å²) in [6, 6.07) is 3.63. The zero-order valence-corrected chi connectivity index (χ0v) is 12.0. The molecule has 2 aliphatic rings. The highest BCUT2D eigenvalue weighted by molar-refractivity contribution is 5.94. The molecule has 4 nitrogen and oxygen atoms in total. The highest BCUT2D eigenvalue weighted by Gasteiger charge is 2.40. The number of nitrogens with zero attached hydrogens (tertiary/aromatic N) is 2. The van der Waals surface area contributed by atoms with E-state index in [2.05, 4.69) is 4.98 Å². The van der Waals surface area contributed by atoms with Crippen molar-refractivity contribution in [1.29, 1.82) is 0 Å². The monoisotopic (exact) mass is 273 g/mol. The van der Waals surface area contributed by atoms with Crippen LogP contribution >= 0.6 is 0 Å². The first-order chi connectivity index (χ1) is 9.72. The van der Waals surface area contributed by atoms with Crippen LogP contribution < -0.4 is 5.73 Å². The second-order valence-electron chi connectivity index (χ2n) is 6.28. The Kier molecular flexibility index (Phi) is 3.74. The van der Waals surface area contributed by atoms with Crippen molar-refractivity contribution in [2.75, 3.05) is 13.1 Å². The van der Waals surface area contributed by atoms with Gasteiger partial charge in [-0.05, 0) is 36.8 Å². The van der Waals surface area contributed by atoms with Crippen molar-refractivity contribution >= 4 is 5.91 Å². The number of amides is 1. The number of rotatable bonds is 2. The van der Waals surface area contributed by atoms with Crippen molar-refractivity contribution < 1.29 is 4.79 Å². The maximum Gasteiger partial charge on any atom is 0.253 e. The molecule has 108 valence electrons. The number of aromatic nitrogens is 1. The van der Waals surface area contributed by atoms with Crippen molar-refractivity contribution in [3.63, 3.8) is 0 Å². The molecular weight excluding hydrogens is 250 g/mol. The standard InChI is InChI=1S/C16H23N3O/c17-11-14-10-13(4-8-18-14)15(20)19-9-7-16(12-19)5-2-1-3-6-16/h4,8,10H,1-3,5-7,9,11-12,17H2. The summed E-state index contributed by atoms with van der Waals surface area (Å²) in [5.41, 5.74) is 7.52. The molecule has 20 heavy (non-hydrogen) atoms. The minimum absolute atomic E-state index is 0.143. The van der Waals surface area contributed by atoms with Crippen LogP contribution in [0.25, 0.3) is 0 Å². The lowest BCUT2D eigenvalue weighted by Crippen LogP contribution is -2.33. The van der Waals surface area contributed by atoms with Gasteiger partial charge >= 0.3 is 0 Å². The van der Waals surface area contributed by atoms with Gasteiger partial charge in [0.1, 0.15) is 0 Å². The maximum absolute atomic E-state index is 12.6. The molecule has 1 aromatic rings. The summed E-state index contributed by atoms with van der Waals surface area (Å²) in [6.45, 7) is 2.22. The summed E-state index contributed by atoms with van der Waals surface area (Å²) in [5, 5.41) is 0. The third-order valence-electron chi connectivity index (χ3n) is 4.91. The van der Waals surface area contributed by atoms with Crippen LogP contribution in [0.2, 0.25) is 0 Å². The van der Waals surface area contributed by atoms with E-state index in [0.717, 1.165) is 24.3 Å². The predicted molar refractivity (Wildman–Crippen MR) is 78.2 cm³/mol. The summed E-state index contributed by atoms with van der Waals surface area (Å²) < 4.78 is 0. The normalized spacial score (nSPS) is 21.4. The fourth-order valence-electron chi connectivity index (χ4n) is 3.72. The summed E-state index contributed by atoms with van der Waals surface area (Å²) >= 11 is 0. The van der Waals surface area contributed by atoms with Crippen LogP contribution in [0.15, 0.2) is 18.3 Å². The van der Waals surface area contributed by atoms with E-state index < -0.39 is 0 Å². The molecule has 2 N–H and O–H groups in total. The number of hydrogen-bond donors (Lipinski definition) is 1. The Morgan fingerprint density at radius 3 is 2.85 bits per heavy atom. The Balaban J connectivity index is 1.72. The Hall–Kier alpha value is -1.42. The maximum atomic E-state index is 12.6. The number of likely N-dealkylation sites (tertiary alicyclic amines) is 1. The fourth-order valence-corrected chi connectivity index (χ4v) is 3.72. The molecule has 2 fully saturated rings. The van der Waals surface area contributed by atoms with Gasteiger partial charge in [-0.15, -0.1) is 0 Å². The second-order valence-corrected chi connectivity index (χ2v) is 6.28. The average molecular weight is 273 g/mol. The third kappa shape index (κ3) is 2.57. The quantitative estimate of drug-likeness (QED) is 0.899. The van der Waals surface area contributed by atoms with Gasteiger partial charge in [0.05, 0.1) is 5.69 Å². The molecule has 1 saturated carbocycles. The van der Waals surface area contributed by atoms with Crippen LogP contribution in [0.3, 0.4) is 0 Å². The Morgan fingerprint density at radius 2 is 2.10 bits per heavy atom. The van der Waals surface area contributed by atoms with Crippen molar-refractivity contribution in [3.05, 3.63) is 29.6 Å². The van der Waals surface area contributed by atoms with Crippen LogP contribution in [0.4, 0.5) is 0 Å². The molecular formula is C16H23N3O. The number of carbonyl (C=O) groups excluding carboxylic acids is 1. The summed E-state index contributed by atoms with van der Waals surface area (Å²) in [6.07, 6.45) is 9.46. The minimum atomic E-state index is 0.143. The average Bonchev–Trinajstić information content (AvgIpc) is 2.91. The van der Waals surface area contributed by atoms with Gasteiger partial charge in [0.25, 0.3) is 5.91 Å². The van der Waals surface area contributed by atoms with Crippen molar-refractivity contribution in [1.82, 2.24) is 9.88 Å². The lowest BCUT2D eigenvalue weighted by molar-refractivity contribution is 0.0758. The highest BCUT2D eigenvalue weighted by atomic mass is 16.2. The SMILES string of the molecule is NCc1cc(C(=O)N2CCC3(CCCCC3)C2)ccn1. The first-order valence-electron chi connectivity index (χ1n) is 7.67. The summed E-state index contributed by atoms with van der Waals surface area (Å²) in [7, 11) is 0. The minimum Gasteiger partial charge on any atom is -0.338 e. The van der Waals surface area contributed by atoms with E-state index in [9.17, 15) is 4.79 Å². The van der Waals surface area contributed by atoms with Gasteiger partial charge in [0, 0.05) is 31.4 Å². The molecule has 2 heterocycles. The van der Waals surface area contributed by atoms with Gasteiger partial charge in [-0.3, -0.25) is 9.78 Å². The molecule has 1 aliphatic heterocycles. The van der Waals surface area contributed by atoms with Gasteiger partial charge in [-0.1, -0.05) is 19.3 Å². The van der Waals surface area contributed by atoms with Crippen LogP contribution in [0, 0.1) is 5.41 Å². The van der Waals surface area contributed by atoms with E-state index in [0.29, 0.717) is 12.0 Å². The molecule has 1 spiro atoms. The smallest absolute Gasteiger partial charge is 0.253 e. The Morgan fingerprint density at radius 1 is 1.30 bits per heavy atom. The zero-order chi connectivity index (χ0) is 14.0. The molecule has 0 unspecified atom stereocenters. The van der Waals surface area contributed by atoms with Crippen molar-refractivity contribution in [2.45, 2.75) is 45.1 Å². The summed E-state index contributed by atoms with van der Waals surface area (Å²) in [4.78, 5) is 18.8. The fraction of sp³-hybridized carbons (Fsp3) is 0.625. The number of pyridine rings is 1. The summed E-state index contributed by atoms with van der Waals surface area (Å²) in [5.74, 6) is 0.143. The predicted octanol–water partition coefficient (Wildman–Crippen LogP) is 2.34. The molecule has 1 saturated heterocycles. The van der Waals surface area contributed by atoms with Crippen molar-refractivity contribution in [2.24, 2.45) is 11.1 Å². The molecule has 4 heteroatoms. The lowest BCUT2D eigenvalue weighted by atomic mass is 9.73. The number of hydrogen-bond acceptors (Lipinski definition) is 3. The van der Waals surface area contributed by atoms with Crippen LogP contribution in [0.5, 0.6) is 0 Å².